The maximum Gasteiger partial charge on any atom is 0.185 e. The SMILES string of the molecule is COc1cc(OC)c(F)c(-c2ncc3c(-c4ccnc(N5CCN(C)CC5)c4)[nH]nc3n2)c1F. The van der Waals surface area contributed by atoms with E-state index in [1.54, 1.807) is 6.20 Å². The van der Waals surface area contributed by atoms with Crippen molar-refractivity contribution in [2.75, 3.05) is 52.3 Å². The van der Waals surface area contributed by atoms with Gasteiger partial charge < -0.3 is 19.3 Å². The van der Waals surface area contributed by atoms with Gasteiger partial charge in [0.1, 0.15) is 5.82 Å². The molecule has 1 aliphatic heterocycles. The standard InChI is InChI=1S/C23H23F2N7O2/c1-31-6-8-32(9-7-31)17-10-13(4-5-26-17)21-14-12-27-23(28-22(14)30-29-21)18-19(24)15(33-2)11-16(34-3)20(18)25/h4-5,10-12H,6-9H2,1-3H3,(H,27,28,29,30). The third-order valence-electron chi connectivity index (χ3n) is 5.97. The van der Waals surface area contributed by atoms with Gasteiger partial charge in [-0.1, -0.05) is 0 Å². The Balaban J connectivity index is 1.53. The molecule has 0 spiro atoms. The Morgan fingerprint density at radius 2 is 1.68 bits per heavy atom. The Bertz CT molecular complexity index is 1320. The smallest absolute Gasteiger partial charge is 0.185 e. The Hall–Kier alpha value is -3.86. The first-order chi connectivity index (χ1) is 16.5. The third-order valence-corrected chi connectivity index (χ3v) is 5.97. The molecule has 176 valence electrons. The molecule has 0 unspecified atom stereocenters. The second kappa shape index (κ2) is 8.82. The van der Waals surface area contributed by atoms with Crippen molar-refractivity contribution >= 4 is 16.9 Å². The van der Waals surface area contributed by atoms with Crippen LogP contribution < -0.4 is 14.4 Å². The largest absolute Gasteiger partial charge is 0.494 e. The molecule has 9 nitrogen and oxygen atoms in total. The summed E-state index contributed by atoms with van der Waals surface area (Å²) in [4.78, 5) is 17.6. The van der Waals surface area contributed by atoms with Gasteiger partial charge in [-0.15, -0.1) is 0 Å². The van der Waals surface area contributed by atoms with E-state index in [4.69, 9.17) is 9.47 Å². The van der Waals surface area contributed by atoms with Crippen LogP contribution in [0, 0.1) is 11.6 Å². The van der Waals surface area contributed by atoms with Gasteiger partial charge in [0, 0.05) is 50.2 Å². The molecule has 11 heteroatoms. The lowest BCUT2D eigenvalue weighted by Crippen LogP contribution is -2.44. The molecule has 1 saturated heterocycles. The maximum absolute atomic E-state index is 14.9. The molecule has 1 N–H and O–H groups in total. The Morgan fingerprint density at radius 3 is 2.35 bits per heavy atom. The molecule has 5 rings (SSSR count). The molecule has 0 aliphatic carbocycles. The number of rotatable bonds is 5. The normalized spacial score (nSPS) is 14.6. The Kier molecular flexibility index (Phi) is 5.70. The number of nitrogens with zero attached hydrogens (tertiary/aromatic N) is 6. The predicted octanol–water partition coefficient (Wildman–Crippen LogP) is 3.13. The summed E-state index contributed by atoms with van der Waals surface area (Å²) in [7, 11) is 4.68. The number of benzene rings is 1. The molecule has 0 bridgehead atoms. The zero-order chi connectivity index (χ0) is 23.8. The summed E-state index contributed by atoms with van der Waals surface area (Å²) in [6, 6.07) is 4.99. The van der Waals surface area contributed by atoms with E-state index in [-0.39, 0.29) is 23.0 Å². The first-order valence-corrected chi connectivity index (χ1v) is 10.7. The van der Waals surface area contributed by atoms with Crippen molar-refractivity contribution in [3.05, 3.63) is 42.2 Å². The molecule has 0 atom stereocenters. The highest BCUT2D eigenvalue weighted by atomic mass is 19.1. The Labute approximate surface area is 194 Å². The van der Waals surface area contributed by atoms with E-state index in [0.29, 0.717) is 11.1 Å². The van der Waals surface area contributed by atoms with E-state index in [1.165, 1.54) is 20.4 Å². The van der Waals surface area contributed by atoms with Gasteiger partial charge in [-0.25, -0.2) is 23.7 Å². The fourth-order valence-electron chi connectivity index (χ4n) is 4.01. The number of H-pyrrole nitrogens is 1. The molecule has 0 amide bonds. The number of anilines is 1. The number of hydrogen-bond acceptors (Lipinski definition) is 8. The van der Waals surface area contributed by atoms with Crippen LogP contribution in [0.5, 0.6) is 11.5 Å². The van der Waals surface area contributed by atoms with Crippen LogP contribution in [0.1, 0.15) is 0 Å². The van der Waals surface area contributed by atoms with Gasteiger partial charge in [0.15, 0.2) is 34.6 Å². The topological polar surface area (TPSA) is 92.3 Å². The molecule has 1 fully saturated rings. The van der Waals surface area contributed by atoms with Crippen LogP contribution in [0.3, 0.4) is 0 Å². The number of halogens is 2. The number of hydrogen-bond donors (Lipinski definition) is 1. The summed E-state index contributed by atoms with van der Waals surface area (Å²) in [6.45, 7) is 3.73. The van der Waals surface area contributed by atoms with E-state index in [9.17, 15) is 8.78 Å². The fraction of sp³-hybridized carbons (Fsp3) is 0.304. The molecule has 1 aromatic carbocycles. The van der Waals surface area contributed by atoms with Crippen LogP contribution in [-0.4, -0.2) is 77.5 Å². The highest BCUT2D eigenvalue weighted by Crippen LogP contribution is 2.37. The zero-order valence-electron chi connectivity index (χ0n) is 19.0. The molecule has 4 heterocycles. The van der Waals surface area contributed by atoms with Crippen LogP contribution >= 0.6 is 0 Å². The van der Waals surface area contributed by atoms with Crippen molar-refractivity contribution in [1.29, 1.82) is 0 Å². The predicted molar refractivity (Wildman–Crippen MR) is 123 cm³/mol. The van der Waals surface area contributed by atoms with Gasteiger partial charge in [0.2, 0.25) is 0 Å². The summed E-state index contributed by atoms with van der Waals surface area (Å²) < 4.78 is 39.8. The lowest BCUT2D eigenvalue weighted by Gasteiger charge is -2.33. The second-order valence-electron chi connectivity index (χ2n) is 8.01. The number of ether oxygens (including phenoxy) is 2. The van der Waals surface area contributed by atoms with Crippen LogP contribution in [0.25, 0.3) is 33.7 Å². The van der Waals surface area contributed by atoms with Crippen molar-refractivity contribution in [2.45, 2.75) is 0 Å². The highest BCUT2D eigenvalue weighted by molar-refractivity contribution is 5.91. The number of aromatic amines is 1. The van der Waals surface area contributed by atoms with Crippen molar-refractivity contribution < 1.29 is 18.3 Å². The number of nitrogens with one attached hydrogen (secondary N) is 1. The van der Waals surface area contributed by atoms with Crippen LogP contribution in [0.2, 0.25) is 0 Å². The van der Waals surface area contributed by atoms with E-state index in [1.807, 2.05) is 12.1 Å². The number of aromatic nitrogens is 5. The third kappa shape index (κ3) is 3.77. The average molecular weight is 467 g/mol. The summed E-state index contributed by atoms with van der Waals surface area (Å²) in [5, 5.41) is 7.85. The Morgan fingerprint density at radius 1 is 0.971 bits per heavy atom. The summed E-state index contributed by atoms with van der Waals surface area (Å²) in [5.74, 6) is -1.46. The van der Waals surface area contributed by atoms with Gasteiger partial charge in [0.25, 0.3) is 0 Å². The summed E-state index contributed by atoms with van der Waals surface area (Å²) >= 11 is 0. The van der Waals surface area contributed by atoms with E-state index < -0.39 is 17.2 Å². The van der Waals surface area contributed by atoms with Gasteiger partial charge in [-0.2, -0.15) is 5.10 Å². The minimum atomic E-state index is -0.915. The highest BCUT2D eigenvalue weighted by Gasteiger charge is 2.24. The lowest BCUT2D eigenvalue weighted by atomic mass is 10.1. The molecule has 3 aromatic heterocycles. The van der Waals surface area contributed by atoms with Gasteiger partial charge in [0.05, 0.1) is 30.9 Å². The number of likely N-dealkylation sites (N-methyl/N-ethyl adjacent to an activating group) is 1. The molecular formula is C23H23F2N7O2. The molecule has 1 aliphatic rings. The van der Waals surface area contributed by atoms with Crippen molar-refractivity contribution in [1.82, 2.24) is 30.0 Å². The van der Waals surface area contributed by atoms with E-state index in [2.05, 4.69) is 42.0 Å². The monoisotopic (exact) mass is 467 g/mol. The molecule has 0 saturated carbocycles. The van der Waals surface area contributed by atoms with Crippen molar-refractivity contribution in [2.24, 2.45) is 0 Å². The van der Waals surface area contributed by atoms with Gasteiger partial charge in [-0.05, 0) is 19.2 Å². The number of fused-ring (bicyclic) bond motifs is 1. The van der Waals surface area contributed by atoms with Gasteiger partial charge >= 0.3 is 0 Å². The van der Waals surface area contributed by atoms with Gasteiger partial charge in [-0.3, -0.25) is 5.10 Å². The molecule has 0 radical (unpaired) electrons. The zero-order valence-corrected chi connectivity index (χ0v) is 19.0. The van der Waals surface area contributed by atoms with Crippen molar-refractivity contribution in [3.8, 4) is 34.1 Å². The van der Waals surface area contributed by atoms with Crippen LogP contribution in [0.4, 0.5) is 14.6 Å². The quantitative estimate of drug-likeness (QED) is 0.479. The van der Waals surface area contributed by atoms with Crippen molar-refractivity contribution in [3.63, 3.8) is 0 Å². The minimum absolute atomic E-state index is 0.161. The number of piperazine rings is 1. The summed E-state index contributed by atoms with van der Waals surface area (Å²) in [5.41, 5.74) is 1.40. The lowest BCUT2D eigenvalue weighted by molar-refractivity contribution is 0.312. The first kappa shape index (κ1) is 22.0. The number of pyridine rings is 1. The molecule has 34 heavy (non-hydrogen) atoms. The molecular weight excluding hydrogens is 444 g/mol. The number of methoxy groups -OCH3 is 2. The van der Waals surface area contributed by atoms with E-state index in [0.717, 1.165) is 43.6 Å². The maximum atomic E-state index is 14.9. The van der Waals surface area contributed by atoms with Crippen LogP contribution in [-0.2, 0) is 0 Å². The first-order valence-electron chi connectivity index (χ1n) is 10.7. The summed E-state index contributed by atoms with van der Waals surface area (Å²) in [6.07, 6.45) is 3.25. The average Bonchev–Trinajstić information content (AvgIpc) is 3.28. The minimum Gasteiger partial charge on any atom is -0.494 e. The molecule has 4 aromatic rings. The van der Waals surface area contributed by atoms with E-state index >= 15 is 0 Å². The van der Waals surface area contributed by atoms with Crippen LogP contribution in [0.15, 0.2) is 30.6 Å². The second-order valence-corrected chi connectivity index (χ2v) is 8.01. The fourth-order valence-corrected chi connectivity index (χ4v) is 4.01.